The Morgan fingerprint density at radius 1 is 1.50 bits per heavy atom. The second-order valence-corrected chi connectivity index (χ2v) is 5.97. The number of nitrogens with two attached hydrogens (primary N) is 1. The molecule has 2 rings (SSSR count). The Kier molecular flexibility index (Phi) is 4.59. The molecule has 18 heavy (non-hydrogen) atoms. The zero-order valence-electron chi connectivity index (χ0n) is 10.7. The summed E-state index contributed by atoms with van der Waals surface area (Å²) in [4.78, 5) is 1.23. The largest absolute Gasteiger partial charge is 0.323 e. The standard InChI is InChI=1S/C13H18BrN3S/c1-3-10-13(14)11(17(4-2)16-10)8-9(15)12-6-5-7-18-12/h5-7,9H,3-4,8,15H2,1-2H3. The van der Waals surface area contributed by atoms with Crippen molar-refractivity contribution in [1.82, 2.24) is 9.78 Å². The van der Waals surface area contributed by atoms with E-state index in [1.165, 1.54) is 10.6 Å². The van der Waals surface area contributed by atoms with Crippen molar-refractivity contribution in [3.63, 3.8) is 0 Å². The molecule has 0 bridgehead atoms. The first kappa shape index (κ1) is 13.8. The summed E-state index contributed by atoms with van der Waals surface area (Å²) in [6.45, 7) is 5.11. The smallest absolute Gasteiger partial charge is 0.0766 e. The summed E-state index contributed by atoms with van der Waals surface area (Å²) in [7, 11) is 0. The minimum absolute atomic E-state index is 0.0491. The molecule has 2 aromatic rings. The van der Waals surface area contributed by atoms with Crippen molar-refractivity contribution in [2.24, 2.45) is 5.73 Å². The number of hydrogen-bond donors (Lipinski definition) is 1. The van der Waals surface area contributed by atoms with E-state index in [1.54, 1.807) is 11.3 Å². The molecule has 0 radical (unpaired) electrons. The van der Waals surface area contributed by atoms with E-state index in [0.717, 1.165) is 29.6 Å². The van der Waals surface area contributed by atoms with Crippen molar-refractivity contribution in [1.29, 1.82) is 0 Å². The van der Waals surface area contributed by atoms with E-state index in [-0.39, 0.29) is 6.04 Å². The number of aryl methyl sites for hydroxylation is 2. The highest BCUT2D eigenvalue weighted by Crippen LogP contribution is 2.27. The average Bonchev–Trinajstić information content (AvgIpc) is 2.99. The molecular weight excluding hydrogens is 310 g/mol. The lowest BCUT2D eigenvalue weighted by Crippen LogP contribution is -2.15. The van der Waals surface area contributed by atoms with Crippen LogP contribution < -0.4 is 5.73 Å². The van der Waals surface area contributed by atoms with Crippen molar-refractivity contribution < 1.29 is 0 Å². The molecule has 98 valence electrons. The van der Waals surface area contributed by atoms with Crippen molar-refractivity contribution in [2.75, 3.05) is 0 Å². The molecule has 2 aromatic heterocycles. The molecule has 0 saturated carbocycles. The molecule has 0 spiro atoms. The highest BCUT2D eigenvalue weighted by molar-refractivity contribution is 9.10. The van der Waals surface area contributed by atoms with E-state index in [2.05, 4.69) is 51.0 Å². The fourth-order valence-corrected chi connectivity index (χ4v) is 3.48. The van der Waals surface area contributed by atoms with Crippen molar-refractivity contribution in [3.05, 3.63) is 38.3 Å². The SMILES string of the molecule is CCc1nn(CC)c(CC(N)c2cccs2)c1Br. The van der Waals surface area contributed by atoms with E-state index in [1.807, 2.05) is 6.07 Å². The second kappa shape index (κ2) is 5.99. The van der Waals surface area contributed by atoms with E-state index in [4.69, 9.17) is 5.73 Å². The van der Waals surface area contributed by atoms with Crippen LogP contribution in [0.3, 0.4) is 0 Å². The summed E-state index contributed by atoms with van der Waals surface area (Å²) in [6, 6.07) is 4.19. The number of nitrogens with zero attached hydrogens (tertiary/aromatic N) is 2. The van der Waals surface area contributed by atoms with Crippen LogP contribution in [-0.4, -0.2) is 9.78 Å². The van der Waals surface area contributed by atoms with Gasteiger partial charge in [0.05, 0.1) is 15.9 Å². The summed E-state index contributed by atoms with van der Waals surface area (Å²) in [6.07, 6.45) is 1.76. The van der Waals surface area contributed by atoms with E-state index >= 15 is 0 Å². The Morgan fingerprint density at radius 2 is 2.28 bits per heavy atom. The van der Waals surface area contributed by atoms with Crippen LogP contribution in [0.25, 0.3) is 0 Å². The number of thiophene rings is 1. The predicted molar refractivity (Wildman–Crippen MR) is 79.9 cm³/mol. The van der Waals surface area contributed by atoms with Gasteiger partial charge in [-0.15, -0.1) is 11.3 Å². The lowest BCUT2D eigenvalue weighted by Gasteiger charge is -2.11. The zero-order valence-corrected chi connectivity index (χ0v) is 13.1. The van der Waals surface area contributed by atoms with Gasteiger partial charge >= 0.3 is 0 Å². The first-order valence-corrected chi connectivity index (χ1v) is 7.87. The van der Waals surface area contributed by atoms with Gasteiger partial charge in [-0.2, -0.15) is 5.10 Å². The minimum atomic E-state index is 0.0491. The van der Waals surface area contributed by atoms with Crippen LogP contribution >= 0.6 is 27.3 Å². The molecule has 0 saturated heterocycles. The van der Waals surface area contributed by atoms with Crippen LogP contribution in [0.1, 0.15) is 36.2 Å². The van der Waals surface area contributed by atoms with Gasteiger partial charge in [0.25, 0.3) is 0 Å². The molecule has 0 amide bonds. The summed E-state index contributed by atoms with van der Waals surface area (Å²) in [5.41, 5.74) is 8.58. The van der Waals surface area contributed by atoms with Gasteiger partial charge in [-0.3, -0.25) is 4.68 Å². The maximum Gasteiger partial charge on any atom is 0.0766 e. The highest BCUT2D eigenvalue weighted by atomic mass is 79.9. The molecular formula is C13H18BrN3S. The van der Waals surface area contributed by atoms with Gasteiger partial charge in [0, 0.05) is 23.9 Å². The minimum Gasteiger partial charge on any atom is -0.323 e. The lowest BCUT2D eigenvalue weighted by molar-refractivity contribution is 0.587. The predicted octanol–water partition coefficient (Wildman–Crippen LogP) is 3.53. The molecule has 1 unspecified atom stereocenters. The third-order valence-electron chi connectivity index (χ3n) is 3.02. The fourth-order valence-electron chi connectivity index (χ4n) is 2.02. The third-order valence-corrected chi connectivity index (χ3v) is 4.94. The molecule has 0 aliphatic carbocycles. The molecule has 0 aliphatic heterocycles. The van der Waals surface area contributed by atoms with E-state index < -0.39 is 0 Å². The van der Waals surface area contributed by atoms with E-state index in [0.29, 0.717) is 0 Å². The highest BCUT2D eigenvalue weighted by Gasteiger charge is 2.17. The molecule has 0 fully saturated rings. The van der Waals surface area contributed by atoms with Crippen LogP contribution in [0, 0.1) is 0 Å². The molecule has 0 aliphatic rings. The zero-order chi connectivity index (χ0) is 13.1. The Hall–Kier alpha value is -0.650. The maximum atomic E-state index is 6.26. The molecule has 2 heterocycles. The van der Waals surface area contributed by atoms with Crippen molar-refractivity contribution in [3.8, 4) is 0 Å². The van der Waals surface area contributed by atoms with Gasteiger partial charge in [-0.05, 0) is 40.7 Å². The van der Waals surface area contributed by atoms with Crippen LogP contribution in [0.15, 0.2) is 22.0 Å². The number of hydrogen-bond acceptors (Lipinski definition) is 3. The number of aromatic nitrogens is 2. The lowest BCUT2D eigenvalue weighted by atomic mass is 10.1. The molecule has 1 atom stereocenters. The molecule has 3 nitrogen and oxygen atoms in total. The third kappa shape index (κ3) is 2.68. The Morgan fingerprint density at radius 3 is 2.83 bits per heavy atom. The quantitative estimate of drug-likeness (QED) is 0.912. The van der Waals surface area contributed by atoms with Gasteiger partial charge in [0.15, 0.2) is 0 Å². The fraction of sp³-hybridized carbons (Fsp3) is 0.462. The van der Waals surface area contributed by atoms with Gasteiger partial charge in [-0.1, -0.05) is 13.0 Å². The summed E-state index contributed by atoms with van der Waals surface area (Å²) in [5.74, 6) is 0. The summed E-state index contributed by atoms with van der Waals surface area (Å²) in [5, 5.41) is 6.67. The van der Waals surface area contributed by atoms with Crippen LogP contribution in [-0.2, 0) is 19.4 Å². The van der Waals surface area contributed by atoms with Crippen LogP contribution in [0.2, 0.25) is 0 Å². The van der Waals surface area contributed by atoms with Crippen LogP contribution in [0.5, 0.6) is 0 Å². The molecule has 2 N–H and O–H groups in total. The average molecular weight is 328 g/mol. The van der Waals surface area contributed by atoms with Gasteiger partial charge in [0.2, 0.25) is 0 Å². The first-order valence-electron chi connectivity index (χ1n) is 6.20. The molecule has 5 heteroatoms. The Bertz CT molecular complexity index is 505. The second-order valence-electron chi connectivity index (χ2n) is 4.20. The first-order chi connectivity index (χ1) is 8.67. The number of rotatable bonds is 5. The van der Waals surface area contributed by atoms with Gasteiger partial charge in [0.1, 0.15) is 0 Å². The van der Waals surface area contributed by atoms with E-state index in [9.17, 15) is 0 Å². The van der Waals surface area contributed by atoms with Gasteiger partial charge < -0.3 is 5.73 Å². The monoisotopic (exact) mass is 327 g/mol. The normalized spacial score (nSPS) is 12.9. The topological polar surface area (TPSA) is 43.8 Å². The van der Waals surface area contributed by atoms with Gasteiger partial charge in [-0.25, -0.2) is 0 Å². The summed E-state index contributed by atoms with van der Waals surface area (Å²) >= 11 is 5.37. The summed E-state index contributed by atoms with van der Waals surface area (Å²) < 4.78 is 3.18. The van der Waals surface area contributed by atoms with Crippen molar-refractivity contribution >= 4 is 27.3 Å². The molecule has 0 aromatic carbocycles. The van der Waals surface area contributed by atoms with Crippen molar-refractivity contribution in [2.45, 2.75) is 39.3 Å². The Balaban J connectivity index is 2.25. The maximum absolute atomic E-state index is 6.26. The van der Waals surface area contributed by atoms with Crippen LogP contribution in [0.4, 0.5) is 0 Å². The number of halogens is 1. The Labute approximate surface area is 120 Å².